The van der Waals surface area contributed by atoms with Crippen molar-refractivity contribution in [2.24, 2.45) is 0 Å². The summed E-state index contributed by atoms with van der Waals surface area (Å²) in [7, 11) is 2.23. The fraction of sp³-hybridized carbons (Fsp3) is 0.533. The van der Waals surface area contributed by atoms with Crippen LogP contribution >= 0.6 is 0 Å². The minimum atomic E-state index is 0.0391. The summed E-state index contributed by atoms with van der Waals surface area (Å²) in [4.78, 5) is 23.5. The third kappa shape index (κ3) is 4.81. The number of nitrogens with one attached hydrogen (secondary N) is 1. The molecule has 3 fully saturated rings. The molecule has 8 heteroatoms. The number of ether oxygens (including phenoxy) is 2. The van der Waals surface area contributed by atoms with E-state index in [0.29, 0.717) is 24.6 Å². The Balaban J connectivity index is 1.21. The van der Waals surface area contributed by atoms with Crippen LogP contribution in [0.1, 0.15) is 53.5 Å². The zero-order chi connectivity index (χ0) is 26.2. The number of amides is 1. The largest absolute Gasteiger partial charge is 0.486 e. The Kier molecular flexibility index (Phi) is 7.12. The lowest BCUT2D eigenvalue weighted by molar-refractivity contribution is -0.133. The second kappa shape index (κ2) is 10.7. The van der Waals surface area contributed by atoms with Gasteiger partial charge >= 0.3 is 0 Å². The monoisotopic (exact) mass is 517 g/mol. The molecule has 0 aliphatic carbocycles. The van der Waals surface area contributed by atoms with Crippen molar-refractivity contribution in [3.05, 3.63) is 59.3 Å². The van der Waals surface area contributed by atoms with E-state index < -0.39 is 0 Å². The number of aromatic nitrogens is 1. The first-order valence-electron chi connectivity index (χ1n) is 14.0. The first-order chi connectivity index (χ1) is 18.5. The number of hydrogen-bond acceptors (Lipinski definition) is 7. The number of fused-ring (bicyclic) bond motifs is 2. The van der Waals surface area contributed by atoms with Crippen molar-refractivity contribution in [2.75, 3.05) is 58.3 Å². The molecule has 1 amide bonds. The Labute approximate surface area is 225 Å². The SMILES string of the molecule is C=CC(=O)N1CC(N2CC[C@@H](c3cc(C)c4c(c3)Nc3nccc(C5CCOCC5)c3CO4)N(C)CC2)C1. The molecule has 8 nitrogen and oxygen atoms in total. The predicted octanol–water partition coefficient (Wildman–Crippen LogP) is 4.00. The summed E-state index contributed by atoms with van der Waals surface area (Å²) in [6.07, 6.45) is 6.48. The number of likely N-dealkylation sites (N-methyl/N-ethyl adjacent to an activating group) is 1. The van der Waals surface area contributed by atoms with Crippen molar-refractivity contribution in [3.63, 3.8) is 0 Å². The van der Waals surface area contributed by atoms with Crippen LogP contribution in [-0.4, -0.2) is 84.6 Å². The summed E-state index contributed by atoms with van der Waals surface area (Å²) in [6.45, 7) is 12.6. The first kappa shape index (κ1) is 25.3. The zero-order valence-corrected chi connectivity index (χ0v) is 22.6. The van der Waals surface area contributed by atoms with Gasteiger partial charge < -0.3 is 19.7 Å². The van der Waals surface area contributed by atoms with E-state index >= 15 is 0 Å². The average Bonchev–Trinajstić information content (AvgIpc) is 3.22. The number of likely N-dealkylation sites (tertiary alicyclic amines) is 1. The molecular formula is C30H39N5O3. The van der Waals surface area contributed by atoms with Crippen LogP contribution in [0.15, 0.2) is 37.1 Å². The lowest BCUT2D eigenvalue weighted by Crippen LogP contribution is -2.61. The zero-order valence-electron chi connectivity index (χ0n) is 22.6. The molecule has 3 saturated heterocycles. The molecule has 1 aromatic carbocycles. The molecule has 1 N–H and O–H groups in total. The first-order valence-corrected chi connectivity index (χ1v) is 14.0. The molecule has 6 rings (SSSR count). The van der Waals surface area contributed by atoms with Crippen molar-refractivity contribution in [1.29, 1.82) is 0 Å². The van der Waals surface area contributed by atoms with Gasteiger partial charge in [-0.2, -0.15) is 0 Å². The maximum Gasteiger partial charge on any atom is 0.246 e. The Bertz CT molecular complexity index is 1200. The number of benzene rings is 1. The van der Waals surface area contributed by atoms with Crippen molar-refractivity contribution in [1.82, 2.24) is 19.7 Å². The highest BCUT2D eigenvalue weighted by Gasteiger charge is 2.36. The van der Waals surface area contributed by atoms with Gasteiger partial charge in [-0.15, -0.1) is 0 Å². The summed E-state index contributed by atoms with van der Waals surface area (Å²) in [5.41, 5.74) is 5.97. The third-order valence-corrected chi connectivity index (χ3v) is 8.88. The van der Waals surface area contributed by atoms with E-state index in [-0.39, 0.29) is 5.91 Å². The maximum absolute atomic E-state index is 11.9. The van der Waals surface area contributed by atoms with Gasteiger partial charge in [-0.1, -0.05) is 12.6 Å². The lowest BCUT2D eigenvalue weighted by atomic mass is 9.89. The number of carbonyl (C=O) groups is 1. The molecule has 2 aromatic rings. The lowest BCUT2D eigenvalue weighted by Gasteiger charge is -2.44. The molecule has 0 unspecified atom stereocenters. The molecule has 0 radical (unpaired) electrons. The van der Waals surface area contributed by atoms with Crippen LogP contribution in [0.2, 0.25) is 0 Å². The minimum absolute atomic E-state index is 0.0391. The fourth-order valence-electron chi connectivity index (χ4n) is 6.55. The molecule has 38 heavy (non-hydrogen) atoms. The third-order valence-electron chi connectivity index (χ3n) is 8.88. The quantitative estimate of drug-likeness (QED) is 0.615. The summed E-state index contributed by atoms with van der Waals surface area (Å²) < 4.78 is 12.0. The number of anilines is 2. The van der Waals surface area contributed by atoms with E-state index in [0.717, 1.165) is 88.0 Å². The molecule has 0 saturated carbocycles. The van der Waals surface area contributed by atoms with Crippen molar-refractivity contribution < 1.29 is 14.3 Å². The van der Waals surface area contributed by atoms with Gasteiger partial charge in [0.05, 0.1) is 5.69 Å². The predicted molar refractivity (Wildman–Crippen MR) is 148 cm³/mol. The summed E-state index contributed by atoms with van der Waals surface area (Å²) in [5, 5.41) is 3.66. The molecule has 202 valence electrons. The van der Waals surface area contributed by atoms with Gasteiger partial charge in [0.25, 0.3) is 0 Å². The molecule has 0 bridgehead atoms. The molecule has 1 atom stereocenters. The van der Waals surface area contributed by atoms with Gasteiger partial charge in [-0.3, -0.25) is 14.6 Å². The highest BCUT2D eigenvalue weighted by molar-refractivity contribution is 5.87. The Morgan fingerprint density at radius 3 is 2.76 bits per heavy atom. The van der Waals surface area contributed by atoms with Gasteiger partial charge in [0.2, 0.25) is 5.91 Å². The summed E-state index contributed by atoms with van der Waals surface area (Å²) in [6, 6.07) is 7.50. The average molecular weight is 518 g/mol. The van der Waals surface area contributed by atoms with Crippen molar-refractivity contribution in [3.8, 4) is 5.75 Å². The van der Waals surface area contributed by atoms with E-state index in [2.05, 4.69) is 53.9 Å². The van der Waals surface area contributed by atoms with E-state index in [1.54, 1.807) is 0 Å². The van der Waals surface area contributed by atoms with E-state index in [4.69, 9.17) is 14.5 Å². The van der Waals surface area contributed by atoms with Crippen LogP contribution in [0, 0.1) is 6.92 Å². The Hall–Kier alpha value is -2.94. The van der Waals surface area contributed by atoms with E-state index in [1.807, 2.05) is 11.1 Å². The standard InChI is InChI=1S/C30H39N5O3/c1-4-28(36)35-17-23(18-35)34-10-6-27(33(3)11-12-34)22-15-20(2)29-26(16-22)32-30-25(19-38-29)24(5-9-31-30)21-7-13-37-14-8-21/h4-5,9,15-16,21,23,27H,1,6-8,10-14,17-19H2,2-3H3,(H,31,32)/t27-/m0/s1. The number of rotatable bonds is 4. The van der Waals surface area contributed by atoms with Gasteiger partial charge in [0, 0.05) is 69.8 Å². The number of aryl methyl sites for hydroxylation is 1. The molecule has 1 aromatic heterocycles. The van der Waals surface area contributed by atoms with Crippen LogP contribution in [0.25, 0.3) is 0 Å². The van der Waals surface area contributed by atoms with E-state index in [1.165, 1.54) is 22.8 Å². The van der Waals surface area contributed by atoms with Gasteiger partial charge in [0.15, 0.2) is 0 Å². The topological polar surface area (TPSA) is 70.2 Å². The molecule has 5 heterocycles. The van der Waals surface area contributed by atoms with Crippen LogP contribution < -0.4 is 10.1 Å². The molecule has 4 aliphatic heterocycles. The normalized spacial score (nSPS) is 23.2. The molecular weight excluding hydrogens is 478 g/mol. The number of carbonyl (C=O) groups excluding carboxylic acids is 1. The summed E-state index contributed by atoms with van der Waals surface area (Å²) >= 11 is 0. The molecule has 4 aliphatic rings. The van der Waals surface area contributed by atoms with E-state index in [9.17, 15) is 4.79 Å². The second-order valence-electron chi connectivity index (χ2n) is 11.2. The van der Waals surface area contributed by atoms with Gasteiger partial charge in [0.1, 0.15) is 18.2 Å². The fourth-order valence-corrected chi connectivity index (χ4v) is 6.55. The Morgan fingerprint density at radius 2 is 1.97 bits per heavy atom. The number of pyridine rings is 1. The van der Waals surface area contributed by atoms with Crippen LogP contribution in [-0.2, 0) is 16.1 Å². The van der Waals surface area contributed by atoms with Gasteiger partial charge in [-0.25, -0.2) is 4.98 Å². The highest BCUT2D eigenvalue weighted by atomic mass is 16.5. The smallest absolute Gasteiger partial charge is 0.246 e. The maximum atomic E-state index is 11.9. The van der Waals surface area contributed by atoms with Gasteiger partial charge in [-0.05, 0) is 74.1 Å². The minimum Gasteiger partial charge on any atom is -0.486 e. The van der Waals surface area contributed by atoms with Crippen LogP contribution in [0.5, 0.6) is 5.75 Å². The Morgan fingerprint density at radius 1 is 1.16 bits per heavy atom. The van der Waals surface area contributed by atoms with Crippen LogP contribution in [0.4, 0.5) is 11.5 Å². The van der Waals surface area contributed by atoms with Crippen molar-refractivity contribution >= 4 is 17.4 Å². The molecule has 0 spiro atoms. The van der Waals surface area contributed by atoms with Crippen LogP contribution in [0.3, 0.4) is 0 Å². The van der Waals surface area contributed by atoms with Crippen molar-refractivity contribution in [2.45, 2.75) is 50.8 Å². The highest BCUT2D eigenvalue weighted by Crippen LogP contribution is 2.42. The second-order valence-corrected chi connectivity index (χ2v) is 11.2. The number of hydrogen-bond donors (Lipinski definition) is 1. The number of nitrogens with zero attached hydrogens (tertiary/aromatic N) is 4. The summed E-state index contributed by atoms with van der Waals surface area (Å²) in [5.74, 6) is 2.36.